The van der Waals surface area contributed by atoms with Gasteiger partial charge in [0.25, 0.3) is 0 Å². The van der Waals surface area contributed by atoms with Crippen molar-refractivity contribution in [2.75, 3.05) is 18.5 Å². The number of hydrogen-bond donors (Lipinski definition) is 1. The zero-order valence-corrected chi connectivity index (χ0v) is 10.2. The maximum absolute atomic E-state index is 10.8. The van der Waals surface area contributed by atoms with Crippen LogP contribution in [-0.2, 0) is 0 Å². The molecule has 0 unspecified atom stereocenters. The summed E-state index contributed by atoms with van der Waals surface area (Å²) in [4.78, 5) is 14.0. The van der Waals surface area contributed by atoms with Crippen LogP contribution in [0.25, 0.3) is 0 Å². The number of aromatic nitrogens is 1. The fraction of sp³-hybridized carbons (Fsp3) is 0.154. The van der Waals surface area contributed by atoms with Crippen molar-refractivity contribution >= 4 is 11.4 Å². The van der Waals surface area contributed by atoms with Gasteiger partial charge in [-0.1, -0.05) is 18.2 Å². The number of hydrogen-bond acceptors (Lipinski definition) is 5. The highest BCUT2D eigenvalue weighted by Gasteiger charge is 2.12. The summed E-state index contributed by atoms with van der Waals surface area (Å²) in [5.41, 5.74) is 0.402. The number of benzene rings is 1. The molecule has 98 valence electrons. The van der Waals surface area contributed by atoms with E-state index in [2.05, 4.69) is 10.3 Å². The molecule has 0 fully saturated rings. The average molecular weight is 259 g/mol. The van der Waals surface area contributed by atoms with Crippen LogP contribution in [0.5, 0.6) is 5.75 Å². The molecule has 0 spiro atoms. The minimum Gasteiger partial charge on any atom is -0.492 e. The maximum atomic E-state index is 10.8. The van der Waals surface area contributed by atoms with Gasteiger partial charge in [-0.2, -0.15) is 0 Å². The number of ether oxygens (including phenoxy) is 1. The number of para-hydroxylation sites is 1. The van der Waals surface area contributed by atoms with Gasteiger partial charge in [0, 0.05) is 12.7 Å². The molecule has 1 N–H and O–H groups in total. The number of nitrogens with one attached hydrogen (secondary N) is 1. The Balaban J connectivity index is 1.85. The summed E-state index contributed by atoms with van der Waals surface area (Å²) in [6.45, 7) is 0.892. The molecule has 1 aromatic carbocycles. The standard InChI is InChI=1S/C13H13N3O3/c17-16(18)13-10-14-7-6-12(13)15-8-9-19-11-4-2-1-3-5-11/h1-7,10H,8-9H2,(H,14,15). The monoisotopic (exact) mass is 259 g/mol. The van der Waals surface area contributed by atoms with E-state index in [1.54, 1.807) is 6.07 Å². The zero-order chi connectivity index (χ0) is 13.5. The first-order valence-electron chi connectivity index (χ1n) is 5.77. The van der Waals surface area contributed by atoms with Crippen molar-refractivity contribution in [2.45, 2.75) is 0 Å². The molecule has 2 aromatic rings. The molecule has 0 bridgehead atoms. The van der Waals surface area contributed by atoms with Gasteiger partial charge in [0.2, 0.25) is 0 Å². The average Bonchev–Trinajstić information content (AvgIpc) is 2.45. The molecule has 19 heavy (non-hydrogen) atoms. The Labute approximate surface area is 110 Å². The second-order valence-electron chi connectivity index (χ2n) is 3.74. The van der Waals surface area contributed by atoms with Crippen molar-refractivity contribution in [3.63, 3.8) is 0 Å². The molecule has 0 atom stereocenters. The predicted octanol–water partition coefficient (Wildman–Crippen LogP) is 2.48. The van der Waals surface area contributed by atoms with Crippen LogP contribution in [-0.4, -0.2) is 23.1 Å². The van der Waals surface area contributed by atoms with Crippen molar-refractivity contribution in [2.24, 2.45) is 0 Å². The molecule has 0 saturated carbocycles. The second-order valence-corrected chi connectivity index (χ2v) is 3.74. The van der Waals surface area contributed by atoms with Gasteiger partial charge < -0.3 is 10.1 Å². The van der Waals surface area contributed by atoms with E-state index in [0.29, 0.717) is 18.8 Å². The van der Waals surface area contributed by atoms with Gasteiger partial charge in [-0.3, -0.25) is 15.1 Å². The summed E-state index contributed by atoms with van der Waals surface area (Å²) in [5.74, 6) is 0.772. The summed E-state index contributed by atoms with van der Waals surface area (Å²) in [5, 5.41) is 13.7. The van der Waals surface area contributed by atoms with E-state index in [4.69, 9.17) is 4.74 Å². The first kappa shape index (κ1) is 12.8. The molecule has 0 saturated heterocycles. The van der Waals surface area contributed by atoms with Gasteiger partial charge >= 0.3 is 5.69 Å². The first-order valence-corrected chi connectivity index (χ1v) is 5.77. The molecule has 1 heterocycles. The van der Waals surface area contributed by atoms with Crippen LogP contribution >= 0.6 is 0 Å². The van der Waals surface area contributed by atoms with E-state index >= 15 is 0 Å². The Morgan fingerprint density at radius 3 is 2.79 bits per heavy atom. The lowest BCUT2D eigenvalue weighted by Crippen LogP contribution is -2.12. The normalized spacial score (nSPS) is 9.89. The zero-order valence-electron chi connectivity index (χ0n) is 10.2. The third kappa shape index (κ3) is 3.67. The number of anilines is 1. The van der Waals surface area contributed by atoms with Crippen LogP contribution < -0.4 is 10.1 Å². The third-order valence-electron chi connectivity index (χ3n) is 2.43. The SMILES string of the molecule is O=[N+]([O-])c1cnccc1NCCOc1ccccc1. The second kappa shape index (κ2) is 6.34. The van der Waals surface area contributed by atoms with E-state index < -0.39 is 4.92 Å². The van der Waals surface area contributed by atoms with Gasteiger partial charge in [-0.05, 0) is 18.2 Å². The van der Waals surface area contributed by atoms with E-state index in [1.807, 2.05) is 30.3 Å². The summed E-state index contributed by atoms with van der Waals surface area (Å²) in [7, 11) is 0. The first-order chi connectivity index (χ1) is 9.27. The van der Waals surface area contributed by atoms with Gasteiger partial charge in [0.05, 0.1) is 4.92 Å². The lowest BCUT2D eigenvalue weighted by Gasteiger charge is -2.08. The smallest absolute Gasteiger partial charge is 0.310 e. The lowest BCUT2D eigenvalue weighted by atomic mass is 10.3. The van der Waals surface area contributed by atoms with E-state index in [-0.39, 0.29) is 5.69 Å². The highest BCUT2D eigenvalue weighted by Crippen LogP contribution is 2.21. The van der Waals surface area contributed by atoms with Crippen molar-refractivity contribution in [3.05, 3.63) is 58.9 Å². The van der Waals surface area contributed by atoms with Gasteiger partial charge in [-0.15, -0.1) is 0 Å². The van der Waals surface area contributed by atoms with Crippen LogP contribution in [0.2, 0.25) is 0 Å². The number of pyridine rings is 1. The molecule has 0 aliphatic heterocycles. The minimum absolute atomic E-state index is 0.0396. The van der Waals surface area contributed by atoms with Crippen LogP contribution in [0.4, 0.5) is 11.4 Å². The lowest BCUT2D eigenvalue weighted by molar-refractivity contribution is -0.384. The van der Waals surface area contributed by atoms with Crippen LogP contribution in [0.3, 0.4) is 0 Å². The molecule has 1 aromatic heterocycles. The molecular formula is C13H13N3O3. The minimum atomic E-state index is -0.465. The molecule has 0 aliphatic carbocycles. The van der Waals surface area contributed by atoms with E-state index in [1.165, 1.54) is 12.4 Å². The summed E-state index contributed by atoms with van der Waals surface area (Å²) >= 11 is 0. The van der Waals surface area contributed by atoms with E-state index in [9.17, 15) is 10.1 Å². The number of nitrogens with zero attached hydrogens (tertiary/aromatic N) is 2. The fourth-order valence-corrected chi connectivity index (χ4v) is 1.55. The quantitative estimate of drug-likeness (QED) is 0.490. The largest absolute Gasteiger partial charge is 0.492 e. The molecular weight excluding hydrogens is 246 g/mol. The third-order valence-corrected chi connectivity index (χ3v) is 2.43. The van der Waals surface area contributed by atoms with Crippen molar-refractivity contribution in [1.82, 2.24) is 4.98 Å². The van der Waals surface area contributed by atoms with Gasteiger partial charge in [0.15, 0.2) is 0 Å². The van der Waals surface area contributed by atoms with Crippen molar-refractivity contribution < 1.29 is 9.66 Å². The van der Waals surface area contributed by atoms with Gasteiger partial charge in [0.1, 0.15) is 24.2 Å². The molecule has 0 aliphatic rings. The van der Waals surface area contributed by atoms with E-state index in [0.717, 1.165) is 5.75 Å². The molecule has 6 nitrogen and oxygen atoms in total. The summed E-state index contributed by atoms with van der Waals surface area (Å²) in [6.07, 6.45) is 2.73. The Kier molecular flexibility index (Phi) is 4.28. The van der Waals surface area contributed by atoms with Crippen molar-refractivity contribution in [3.8, 4) is 5.75 Å². The predicted molar refractivity (Wildman–Crippen MR) is 71.3 cm³/mol. The highest BCUT2D eigenvalue weighted by atomic mass is 16.6. The molecule has 2 rings (SSSR count). The fourth-order valence-electron chi connectivity index (χ4n) is 1.55. The number of nitro groups is 1. The Morgan fingerprint density at radius 2 is 2.05 bits per heavy atom. The van der Waals surface area contributed by atoms with Crippen molar-refractivity contribution in [1.29, 1.82) is 0 Å². The molecule has 0 radical (unpaired) electrons. The summed E-state index contributed by atoms with van der Waals surface area (Å²) in [6, 6.07) is 11.0. The Bertz CT molecular complexity index is 546. The summed E-state index contributed by atoms with van der Waals surface area (Å²) < 4.78 is 5.48. The number of rotatable bonds is 6. The van der Waals surface area contributed by atoms with Gasteiger partial charge in [-0.25, -0.2) is 0 Å². The maximum Gasteiger partial charge on any atom is 0.310 e. The molecule has 0 amide bonds. The van der Waals surface area contributed by atoms with Crippen LogP contribution in [0.15, 0.2) is 48.8 Å². The highest BCUT2D eigenvalue weighted by molar-refractivity contribution is 5.59. The van der Waals surface area contributed by atoms with Crippen LogP contribution in [0, 0.1) is 10.1 Å². The topological polar surface area (TPSA) is 77.3 Å². The molecule has 6 heteroatoms. The van der Waals surface area contributed by atoms with Crippen LogP contribution in [0.1, 0.15) is 0 Å². The Hall–Kier alpha value is -2.63. The Morgan fingerprint density at radius 1 is 1.26 bits per heavy atom.